The third kappa shape index (κ3) is 7.80. The molecule has 0 saturated heterocycles. The molecule has 0 bridgehead atoms. The third-order valence-corrected chi connectivity index (χ3v) is 8.14. The average Bonchev–Trinajstić information content (AvgIpc) is 3.38. The van der Waals surface area contributed by atoms with Crippen molar-refractivity contribution >= 4 is 26.2 Å². The van der Waals surface area contributed by atoms with Crippen molar-refractivity contribution in [3.05, 3.63) is 94.3 Å². The van der Waals surface area contributed by atoms with Gasteiger partial charge in [-0.15, -0.1) is 0 Å². The average molecular weight is 528 g/mol. The first kappa shape index (κ1) is 27.7. The SMILES string of the molecule is CCC(OCn1ccnc1[N+](=O)[O-])O[Si](C)(C)C(COC(=O)c1ccccc1)OC(=O)c1ccccc1. The normalized spacial score (nSPS) is 12.9. The van der Waals surface area contributed by atoms with Crippen LogP contribution in [0.15, 0.2) is 73.1 Å². The second-order valence-corrected chi connectivity index (χ2v) is 12.6. The van der Waals surface area contributed by atoms with Gasteiger partial charge < -0.3 is 28.8 Å². The molecule has 12 heteroatoms. The second-order valence-electron chi connectivity index (χ2n) is 8.53. The van der Waals surface area contributed by atoms with Crippen LogP contribution in [0.5, 0.6) is 0 Å². The summed E-state index contributed by atoms with van der Waals surface area (Å²) in [6.45, 7) is 5.10. The zero-order valence-electron chi connectivity index (χ0n) is 20.8. The van der Waals surface area contributed by atoms with Crippen LogP contribution in [0.25, 0.3) is 0 Å². The number of carbonyl (C=O) groups is 2. The molecule has 3 aromatic rings. The Hall–Kier alpha value is -3.87. The number of nitrogens with zero attached hydrogens (tertiary/aromatic N) is 3. The Labute approximate surface area is 215 Å². The van der Waals surface area contributed by atoms with Gasteiger partial charge in [-0.25, -0.2) is 14.2 Å². The molecule has 3 rings (SSSR count). The largest absolute Gasteiger partial charge is 0.458 e. The summed E-state index contributed by atoms with van der Waals surface area (Å²) in [4.78, 5) is 39.6. The van der Waals surface area contributed by atoms with Gasteiger partial charge >= 0.3 is 17.9 Å². The molecule has 0 aliphatic rings. The van der Waals surface area contributed by atoms with Crippen molar-refractivity contribution in [1.82, 2.24) is 9.55 Å². The highest BCUT2D eigenvalue weighted by Gasteiger charge is 2.41. The van der Waals surface area contributed by atoms with Crippen molar-refractivity contribution in [2.24, 2.45) is 0 Å². The van der Waals surface area contributed by atoms with Gasteiger partial charge in [-0.3, -0.25) is 0 Å². The van der Waals surface area contributed by atoms with E-state index in [1.54, 1.807) is 60.7 Å². The van der Waals surface area contributed by atoms with Gasteiger partial charge in [0.1, 0.15) is 19.0 Å². The van der Waals surface area contributed by atoms with Gasteiger partial charge in [0.05, 0.1) is 11.1 Å². The van der Waals surface area contributed by atoms with E-state index >= 15 is 0 Å². The van der Waals surface area contributed by atoms with Gasteiger partial charge in [0.2, 0.25) is 8.32 Å². The number of rotatable bonds is 13. The molecule has 1 aromatic heterocycles. The van der Waals surface area contributed by atoms with Gasteiger partial charge in [-0.1, -0.05) is 48.3 Å². The number of hydrogen-bond acceptors (Lipinski definition) is 9. The highest BCUT2D eigenvalue weighted by Crippen LogP contribution is 2.22. The molecule has 0 spiro atoms. The van der Waals surface area contributed by atoms with Crippen LogP contribution in [0.3, 0.4) is 0 Å². The number of aromatic nitrogens is 2. The van der Waals surface area contributed by atoms with Crippen LogP contribution in [-0.2, 0) is 25.4 Å². The van der Waals surface area contributed by atoms with Crippen LogP contribution in [0.1, 0.15) is 34.1 Å². The predicted molar refractivity (Wildman–Crippen MR) is 135 cm³/mol. The summed E-state index contributed by atoms with van der Waals surface area (Å²) in [5.74, 6) is -1.48. The van der Waals surface area contributed by atoms with Crippen molar-refractivity contribution in [2.75, 3.05) is 6.61 Å². The quantitative estimate of drug-likeness (QED) is 0.105. The Kier molecular flexibility index (Phi) is 9.66. The van der Waals surface area contributed by atoms with Gasteiger partial charge in [0.25, 0.3) is 0 Å². The standard InChI is InChI=1S/C25H29N3O8Si/c1-4-21(34-18-27-16-15-26-25(27)28(31)32)36-37(2,3)22(35-24(30)20-13-9-6-10-14-20)17-33-23(29)19-11-7-5-8-12-19/h5-16,21-22H,4,17-18H2,1-3H3. The Morgan fingerprint density at radius 1 is 1.03 bits per heavy atom. The zero-order valence-corrected chi connectivity index (χ0v) is 21.8. The van der Waals surface area contributed by atoms with Crippen LogP contribution >= 0.6 is 0 Å². The number of ether oxygens (including phenoxy) is 3. The minimum atomic E-state index is -2.94. The summed E-state index contributed by atoms with van der Waals surface area (Å²) in [7, 11) is -2.94. The molecule has 0 fully saturated rings. The summed E-state index contributed by atoms with van der Waals surface area (Å²) in [6, 6.07) is 17.0. The molecular formula is C25H29N3O8Si. The van der Waals surface area contributed by atoms with Gasteiger partial charge in [0.15, 0.2) is 18.7 Å². The van der Waals surface area contributed by atoms with Crippen LogP contribution in [0.2, 0.25) is 13.1 Å². The summed E-state index contributed by atoms with van der Waals surface area (Å²) < 4.78 is 24.6. The minimum Gasteiger partial charge on any atom is -0.458 e. The Morgan fingerprint density at radius 3 is 2.19 bits per heavy atom. The topological polar surface area (TPSA) is 132 Å². The molecule has 196 valence electrons. The van der Waals surface area contributed by atoms with E-state index in [0.29, 0.717) is 17.5 Å². The van der Waals surface area contributed by atoms with Crippen molar-refractivity contribution in [1.29, 1.82) is 0 Å². The minimum absolute atomic E-state index is 0.156. The number of carbonyl (C=O) groups excluding carboxylic acids is 2. The van der Waals surface area contributed by atoms with Crippen LogP contribution in [-0.4, -0.2) is 53.4 Å². The number of hydrogen-bond donors (Lipinski definition) is 0. The maximum absolute atomic E-state index is 12.9. The number of esters is 2. The summed E-state index contributed by atoms with van der Waals surface area (Å²) >= 11 is 0. The summed E-state index contributed by atoms with van der Waals surface area (Å²) in [5, 5.41) is 11.1. The van der Waals surface area contributed by atoms with E-state index in [-0.39, 0.29) is 19.3 Å². The van der Waals surface area contributed by atoms with E-state index in [1.807, 2.05) is 20.0 Å². The number of nitro groups is 1. The highest BCUT2D eigenvalue weighted by molar-refractivity contribution is 6.72. The molecule has 0 saturated carbocycles. The van der Waals surface area contributed by atoms with E-state index in [2.05, 4.69) is 4.98 Å². The molecule has 37 heavy (non-hydrogen) atoms. The van der Waals surface area contributed by atoms with E-state index in [9.17, 15) is 19.7 Å². The maximum Gasteiger partial charge on any atom is 0.436 e. The first-order chi connectivity index (χ1) is 17.7. The molecule has 2 aromatic carbocycles. The van der Waals surface area contributed by atoms with Crippen molar-refractivity contribution in [2.45, 2.75) is 45.2 Å². The van der Waals surface area contributed by atoms with Gasteiger partial charge in [0, 0.05) is 0 Å². The first-order valence-corrected chi connectivity index (χ1v) is 14.6. The van der Waals surface area contributed by atoms with Crippen LogP contribution in [0.4, 0.5) is 5.95 Å². The summed E-state index contributed by atoms with van der Waals surface area (Å²) in [6.07, 6.45) is 2.40. The van der Waals surface area contributed by atoms with Gasteiger partial charge in [-0.05, 0) is 48.7 Å². The zero-order chi connectivity index (χ0) is 26.8. The molecule has 0 N–H and O–H groups in total. The van der Waals surface area contributed by atoms with Crippen LogP contribution in [0, 0.1) is 10.1 Å². The molecule has 2 unspecified atom stereocenters. The first-order valence-electron chi connectivity index (χ1n) is 11.6. The number of imidazole rings is 1. The van der Waals surface area contributed by atoms with E-state index < -0.39 is 37.2 Å². The fourth-order valence-electron chi connectivity index (χ4n) is 3.34. The van der Waals surface area contributed by atoms with Crippen molar-refractivity contribution in [3.8, 4) is 0 Å². The molecule has 1 heterocycles. The molecular weight excluding hydrogens is 498 g/mol. The van der Waals surface area contributed by atoms with Crippen molar-refractivity contribution < 1.29 is 33.1 Å². The molecule has 2 atom stereocenters. The Balaban J connectivity index is 1.73. The maximum atomic E-state index is 12.9. The Bertz CT molecular complexity index is 1190. The predicted octanol–water partition coefficient (Wildman–Crippen LogP) is 4.35. The lowest BCUT2D eigenvalue weighted by molar-refractivity contribution is -0.398. The second kappa shape index (κ2) is 12.9. The van der Waals surface area contributed by atoms with Crippen molar-refractivity contribution in [3.63, 3.8) is 0 Å². The lowest BCUT2D eigenvalue weighted by Gasteiger charge is -2.34. The lowest BCUT2D eigenvalue weighted by atomic mass is 10.2. The fourth-order valence-corrected chi connectivity index (χ4v) is 5.28. The third-order valence-electron chi connectivity index (χ3n) is 5.43. The lowest BCUT2D eigenvalue weighted by Crippen LogP contribution is -2.52. The molecule has 0 radical (unpaired) electrons. The Morgan fingerprint density at radius 2 is 1.62 bits per heavy atom. The van der Waals surface area contributed by atoms with E-state index in [0.717, 1.165) is 0 Å². The fraction of sp³-hybridized carbons (Fsp3) is 0.320. The smallest absolute Gasteiger partial charge is 0.436 e. The number of benzene rings is 2. The molecule has 0 aliphatic heterocycles. The van der Waals surface area contributed by atoms with E-state index in [4.69, 9.17) is 18.6 Å². The molecule has 0 amide bonds. The molecule has 11 nitrogen and oxygen atoms in total. The van der Waals surface area contributed by atoms with Crippen LogP contribution < -0.4 is 0 Å². The van der Waals surface area contributed by atoms with E-state index in [1.165, 1.54) is 17.0 Å². The molecule has 0 aliphatic carbocycles. The highest BCUT2D eigenvalue weighted by atomic mass is 28.4. The van der Waals surface area contributed by atoms with Gasteiger partial charge in [-0.2, -0.15) is 0 Å². The monoisotopic (exact) mass is 527 g/mol. The summed E-state index contributed by atoms with van der Waals surface area (Å²) in [5.41, 5.74) is -0.150.